The average molecular weight is 280 g/mol. The largest absolute Gasteiger partial charge is 0.480 e. The third-order valence-corrected chi connectivity index (χ3v) is 4.22. The molecular weight excluding hydrogens is 260 g/mol. The predicted octanol–water partition coefficient (Wildman–Crippen LogP) is 4.01. The maximum Gasteiger partial charge on any atom is 0.316 e. The molecule has 0 amide bonds. The van der Waals surface area contributed by atoms with Gasteiger partial charge in [-0.2, -0.15) is 0 Å². The summed E-state index contributed by atoms with van der Waals surface area (Å²) in [5.74, 6) is -0.640. The number of carbonyl (C=O) groups is 2. The zero-order chi connectivity index (χ0) is 14.3. The summed E-state index contributed by atoms with van der Waals surface area (Å²) in [6.45, 7) is 3.91. The first kappa shape index (κ1) is 15.8. The zero-order valence-electron chi connectivity index (χ0n) is 11.4. The zero-order valence-corrected chi connectivity index (χ0v) is 12.2. The molecule has 0 spiro atoms. The molecule has 1 rings (SSSR count). The Morgan fingerprint density at radius 1 is 1.21 bits per heavy atom. The lowest BCUT2D eigenvalue weighted by Gasteiger charge is -2.09. The minimum atomic E-state index is -0.796. The molecule has 0 saturated heterocycles. The predicted molar refractivity (Wildman–Crippen MR) is 77.9 cm³/mol. The van der Waals surface area contributed by atoms with Crippen molar-refractivity contribution in [1.29, 1.82) is 0 Å². The number of carbonyl (C=O) groups excluding carboxylic acids is 1. The highest BCUT2D eigenvalue weighted by atomic mass is 32.2. The Balaban J connectivity index is 2.65. The number of hydrogen-bond donors (Lipinski definition) is 1. The molecule has 3 nitrogen and oxygen atoms in total. The fourth-order valence-electron chi connectivity index (χ4n) is 1.67. The summed E-state index contributed by atoms with van der Waals surface area (Å²) in [5, 5.41) is 8.57. The van der Waals surface area contributed by atoms with E-state index in [1.54, 1.807) is 12.1 Å². The molecule has 0 fully saturated rings. The maximum atomic E-state index is 11.8. The van der Waals surface area contributed by atoms with E-state index in [0.29, 0.717) is 18.4 Å². The van der Waals surface area contributed by atoms with Crippen LogP contribution in [0.4, 0.5) is 0 Å². The highest BCUT2D eigenvalue weighted by molar-refractivity contribution is 8.00. The first-order chi connectivity index (χ1) is 9.08. The van der Waals surface area contributed by atoms with E-state index in [4.69, 9.17) is 5.11 Å². The Labute approximate surface area is 118 Å². The van der Waals surface area contributed by atoms with Crippen molar-refractivity contribution >= 4 is 23.5 Å². The van der Waals surface area contributed by atoms with Gasteiger partial charge in [0.2, 0.25) is 0 Å². The second kappa shape index (κ2) is 8.00. The molecule has 104 valence electrons. The van der Waals surface area contributed by atoms with Gasteiger partial charge >= 0.3 is 5.97 Å². The van der Waals surface area contributed by atoms with E-state index in [1.165, 1.54) is 11.8 Å². The molecule has 1 atom stereocenters. The van der Waals surface area contributed by atoms with Gasteiger partial charge in [-0.1, -0.05) is 32.4 Å². The molecule has 0 saturated carbocycles. The molecule has 1 aromatic carbocycles. The van der Waals surface area contributed by atoms with E-state index in [1.807, 2.05) is 19.1 Å². The lowest BCUT2D eigenvalue weighted by atomic mass is 10.1. The maximum absolute atomic E-state index is 11.8. The number of benzene rings is 1. The molecule has 4 heteroatoms. The van der Waals surface area contributed by atoms with Gasteiger partial charge < -0.3 is 5.11 Å². The lowest BCUT2D eigenvalue weighted by Crippen LogP contribution is -2.14. The molecule has 19 heavy (non-hydrogen) atoms. The minimum Gasteiger partial charge on any atom is -0.480 e. The SMILES string of the molecule is CCCCC(=O)c1ccc(SC(CC)C(=O)O)cc1. The summed E-state index contributed by atoms with van der Waals surface area (Å²) in [6, 6.07) is 7.23. The van der Waals surface area contributed by atoms with Crippen molar-refractivity contribution in [3.05, 3.63) is 29.8 Å². The number of rotatable bonds is 8. The standard InChI is InChI=1S/C15H20O3S/c1-3-5-6-13(16)11-7-9-12(10-8-11)19-14(4-2)15(17)18/h7-10,14H,3-6H2,1-2H3,(H,17,18). The van der Waals surface area contributed by atoms with Gasteiger partial charge in [-0.05, 0) is 25.0 Å². The van der Waals surface area contributed by atoms with Gasteiger partial charge in [0.25, 0.3) is 0 Å². The number of aliphatic carboxylic acids is 1. The van der Waals surface area contributed by atoms with Gasteiger partial charge in [0.05, 0.1) is 0 Å². The molecule has 0 aliphatic carbocycles. The Kier molecular flexibility index (Phi) is 6.64. The Morgan fingerprint density at radius 3 is 2.32 bits per heavy atom. The van der Waals surface area contributed by atoms with Crippen LogP contribution in [-0.2, 0) is 4.79 Å². The first-order valence-electron chi connectivity index (χ1n) is 6.61. The summed E-state index contributed by atoms with van der Waals surface area (Å²) in [7, 11) is 0. The van der Waals surface area contributed by atoms with E-state index >= 15 is 0 Å². The molecule has 1 aromatic rings. The van der Waals surface area contributed by atoms with E-state index in [9.17, 15) is 9.59 Å². The highest BCUT2D eigenvalue weighted by Gasteiger charge is 2.16. The van der Waals surface area contributed by atoms with Gasteiger partial charge in [0.15, 0.2) is 5.78 Å². The molecule has 0 aliphatic heterocycles. The number of carboxylic acid groups (broad SMARTS) is 1. The number of unbranched alkanes of at least 4 members (excludes halogenated alkanes) is 1. The van der Waals surface area contributed by atoms with E-state index in [0.717, 1.165) is 17.7 Å². The number of hydrogen-bond acceptors (Lipinski definition) is 3. The molecule has 0 heterocycles. The van der Waals surface area contributed by atoms with Gasteiger partial charge in [-0.25, -0.2) is 0 Å². The van der Waals surface area contributed by atoms with E-state index in [-0.39, 0.29) is 5.78 Å². The average Bonchev–Trinajstić information content (AvgIpc) is 2.42. The molecule has 0 radical (unpaired) electrons. The Morgan fingerprint density at radius 2 is 1.84 bits per heavy atom. The normalized spacial score (nSPS) is 12.1. The van der Waals surface area contributed by atoms with Gasteiger partial charge in [-0.3, -0.25) is 9.59 Å². The van der Waals surface area contributed by atoms with Crippen molar-refractivity contribution in [2.45, 2.75) is 49.7 Å². The lowest BCUT2D eigenvalue weighted by molar-refractivity contribution is -0.136. The number of ketones is 1. The van der Waals surface area contributed by atoms with Crippen molar-refractivity contribution in [2.75, 3.05) is 0 Å². The Hall–Kier alpha value is -1.29. The highest BCUT2D eigenvalue weighted by Crippen LogP contribution is 2.26. The number of Topliss-reactive ketones (excluding diaryl/α,β-unsaturated/α-hetero) is 1. The van der Waals surface area contributed by atoms with Crippen LogP contribution in [0.15, 0.2) is 29.2 Å². The summed E-state index contributed by atoms with van der Waals surface area (Å²) < 4.78 is 0. The van der Waals surface area contributed by atoms with Crippen molar-refractivity contribution in [2.24, 2.45) is 0 Å². The van der Waals surface area contributed by atoms with Crippen LogP contribution in [0.25, 0.3) is 0 Å². The molecule has 1 N–H and O–H groups in total. The minimum absolute atomic E-state index is 0.156. The quantitative estimate of drug-likeness (QED) is 0.577. The van der Waals surface area contributed by atoms with E-state index < -0.39 is 11.2 Å². The van der Waals surface area contributed by atoms with Crippen LogP contribution < -0.4 is 0 Å². The summed E-state index contributed by atoms with van der Waals surface area (Å²) >= 11 is 1.32. The molecule has 0 aromatic heterocycles. The first-order valence-corrected chi connectivity index (χ1v) is 7.49. The van der Waals surface area contributed by atoms with Crippen LogP contribution in [0, 0.1) is 0 Å². The third-order valence-electron chi connectivity index (χ3n) is 2.86. The molecule has 1 unspecified atom stereocenters. The molecule has 0 bridgehead atoms. The van der Waals surface area contributed by atoms with Crippen LogP contribution in [-0.4, -0.2) is 22.1 Å². The van der Waals surface area contributed by atoms with Crippen LogP contribution >= 0.6 is 11.8 Å². The van der Waals surface area contributed by atoms with Gasteiger partial charge in [-0.15, -0.1) is 11.8 Å². The summed E-state index contributed by atoms with van der Waals surface area (Å²) in [6.07, 6.45) is 3.08. The van der Waals surface area contributed by atoms with Crippen LogP contribution in [0.2, 0.25) is 0 Å². The van der Waals surface area contributed by atoms with Crippen LogP contribution in [0.3, 0.4) is 0 Å². The third kappa shape index (κ3) is 5.07. The second-order valence-corrected chi connectivity index (χ2v) is 5.68. The molecule has 0 aliphatic rings. The fourth-order valence-corrected chi connectivity index (χ4v) is 2.56. The van der Waals surface area contributed by atoms with Crippen LogP contribution in [0.1, 0.15) is 49.9 Å². The van der Waals surface area contributed by atoms with Crippen molar-refractivity contribution in [1.82, 2.24) is 0 Å². The van der Waals surface area contributed by atoms with E-state index in [2.05, 4.69) is 6.92 Å². The monoisotopic (exact) mass is 280 g/mol. The Bertz CT molecular complexity index is 426. The van der Waals surface area contributed by atoms with Crippen molar-refractivity contribution in [3.8, 4) is 0 Å². The van der Waals surface area contributed by atoms with Crippen molar-refractivity contribution in [3.63, 3.8) is 0 Å². The smallest absolute Gasteiger partial charge is 0.316 e. The number of carboxylic acids is 1. The van der Waals surface area contributed by atoms with Gasteiger partial charge in [0, 0.05) is 16.9 Å². The van der Waals surface area contributed by atoms with Crippen molar-refractivity contribution < 1.29 is 14.7 Å². The topological polar surface area (TPSA) is 54.4 Å². The summed E-state index contributed by atoms with van der Waals surface area (Å²) in [5.41, 5.74) is 0.709. The summed E-state index contributed by atoms with van der Waals surface area (Å²) in [4.78, 5) is 23.6. The van der Waals surface area contributed by atoms with Gasteiger partial charge in [0.1, 0.15) is 5.25 Å². The second-order valence-electron chi connectivity index (χ2n) is 4.40. The molecular formula is C15H20O3S. The number of thioether (sulfide) groups is 1. The van der Waals surface area contributed by atoms with Crippen LogP contribution in [0.5, 0.6) is 0 Å². The fraction of sp³-hybridized carbons (Fsp3) is 0.467.